The lowest BCUT2D eigenvalue weighted by atomic mass is 10.1. The van der Waals surface area contributed by atoms with Crippen molar-refractivity contribution in [1.29, 1.82) is 0 Å². The van der Waals surface area contributed by atoms with Crippen molar-refractivity contribution in [3.05, 3.63) is 35.2 Å². The topological polar surface area (TPSA) is 69.0 Å². The second-order valence-corrected chi connectivity index (χ2v) is 6.68. The van der Waals surface area contributed by atoms with Gasteiger partial charge in [-0.2, -0.15) is 5.10 Å². The number of thiazole rings is 1. The maximum absolute atomic E-state index is 12.2. The van der Waals surface area contributed by atoms with E-state index in [9.17, 15) is 4.79 Å². The number of nitrogens with one attached hydrogen (secondary N) is 1. The minimum absolute atomic E-state index is 0.0457. The largest absolute Gasteiger partial charge is 0.494 e. The Balaban J connectivity index is 1.69. The quantitative estimate of drug-likeness (QED) is 0.771. The predicted octanol–water partition coefficient (Wildman–Crippen LogP) is 3.23. The van der Waals surface area contributed by atoms with Gasteiger partial charge in [0.15, 0.2) is 5.13 Å². The van der Waals surface area contributed by atoms with Crippen molar-refractivity contribution in [3.63, 3.8) is 0 Å². The normalized spacial score (nSPS) is 11.0. The summed E-state index contributed by atoms with van der Waals surface area (Å²) < 4.78 is 8.14. The smallest absolute Gasteiger partial charge is 0.226 e. The molecule has 0 saturated heterocycles. The number of ether oxygens (including phenoxy) is 1. The number of nitrogens with zero attached hydrogens (tertiary/aromatic N) is 3. The average Bonchev–Trinajstić information content (AvgIpc) is 3.06. The van der Waals surface area contributed by atoms with E-state index in [0.29, 0.717) is 23.7 Å². The maximum Gasteiger partial charge on any atom is 0.226 e. The highest BCUT2D eigenvalue weighted by Gasteiger charge is 2.14. The molecule has 1 N–H and O–H groups in total. The summed E-state index contributed by atoms with van der Waals surface area (Å²) in [4.78, 5) is 16.7. The molecule has 6 nitrogen and oxygen atoms in total. The van der Waals surface area contributed by atoms with E-state index < -0.39 is 0 Å². The lowest BCUT2D eigenvalue weighted by Gasteiger charge is -2.03. The van der Waals surface area contributed by atoms with Crippen molar-refractivity contribution in [2.75, 3.05) is 12.4 Å². The van der Waals surface area contributed by atoms with Crippen LogP contribution in [0.5, 0.6) is 5.75 Å². The third-order valence-corrected chi connectivity index (χ3v) is 5.05. The third kappa shape index (κ3) is 3.12. The molecule has 2 aromatic heterocycles. The summed E-state index contributed by atoms with van der Waals surface area (Å²) in [5.74, 6) is 0.668. The summed E-state index contributed by atoms with van der Waals surface area (Å²) in [5, 5.41) is 7.86. The van der Waals surface area contributed by atoms with E-state index >= 15 is 0 Å². The number of aromatic nitrogens is 3. The Morgan fingerprint density at radius 1 is 1.38 bits per heavy atom. The van der Waals surface area contributed by atoms with Crippen molar-refractivity contribution in [3.8, 4) is 5.75 Å². The highest BCUT2D eigenvalue weighted by Crippen LogP contribution is 2.32. The molecule has 126 valence electrons. The number of rotatable bonds is 5. The molecule has 0 atom stereocenters. The Hall–Kier alpha value is -2.41. The standard InChI is InChI=1S/C17H20N4O2S/c1-10-12(11(2)21(3)20-10)8-9-15(22)18-17-19-16-13(23-4)6-5-7-14(16)24-17/h5-7H,8-9H2,1-4H3,(H,18,19,22). The Labute approximate surface area is 144 Å². The zero-order valence-electron chi connectivity index (χ0n) is 14.2. The molecular formula is C17H20N4O2S. The minimum Gasteiger partial charge on any atom is -0.494 e. The van der Waals surface area contributed by atoms with Crippen LogP contribution in [0, 0.1) is 13.8 Å². The number of para-hydroxylation sites is 1. The molecule has 24 heavy (non-hydrogen) atoms. The van der Waals surface area contributed by atoms with Gasteiger partial charge in [-0.25, -0.2) is 4.98 Å². The van der Waals surface area contributed by atoms with Crippen LogP contribution in [0.2, 0.25) is 0 Å². The van der Waals surface area contributed by atoms with Crippen LogP contribution in [-0.4, -0.2) is 27.8 Å². The van der Waals surface area contributed by atoms with Crippen LogP contribution in [0.1, 0.15) is 23.4 Å². The van der Waals surface area contributed by atoms with Crippen LogP contribution in [-0.2, 0) is 18.3 Å². The molecule has 7 heteroatoms. The molecule has 0 bridgehead atoms. The highest BCUT2D eigenvalue weighted by atomic mass is 32.1. The van der Waals surface area contributed by atoms with Gasteiger partial charge in [-0.3, -0.25) is 9.48 Å². The molecule has 0 radical (unpaired) electrons. The van der Waals surface area contributed by atoms with Crippen molar-refractivity contribution in [2.24, 2.45) is 7.05 Å². The molecule has 0 spiro atoms. The molecule has 0 aliphatic rings. The van der Waals surface area contributed by atoms with Crippen LogP contribution in [0.25, 0.3) is 10.2 Å². The average molecular weight is 344 g/mol. The molecule has 3 rings (SSSR count). The zero-order chi connectivity index (χ0) is 17.3. The van der Waals surface area contributed by atoms with Gasteiger partial charge in [-0.05, 0) is 38.0 Å². The molecule has 0 aliphatic carbocycles. The number of methoxy groups -OCH3 is 1. The van der Waals surface area contributed by atoms with E-state index in [1.165, 1.54) is 11.3 Å². The van der Waals surface area contributed by atoms with E-state index in [2.05, 4.69) is 15.4 Å². The number of benzene rings is 1. The van der Waals surface area contributed by atoms with E-state index in [1.54, 1.807) is 7.11 Å². The third-order valence-electron chi connectivity index (χ3n) is 4.11. The summed E-state index contributed by atoms with van der Waals surface area (Å²) in [5.41, 5.74) is 4.00. The van der Waals surface area contributed by atoms with Gasteiger partial charge in [-0.1, -0.05) is 17.4 Å². The Morgan fingerprint density at radius 3 is 2.83 bits per heavy atom. The number of aryl methyl sites for hydroxylation is 2. The SMILES string of the molecule is COc1cccc2sc(NC(=O)CCc3c(C)nn(C)c3C)nc12. The molecule has 1 aromatic carbocycles. The van der Waals surface area contributed by atoms with Gasteiger partial charge >= 0.3 is 0 Å². The van der Waals surface area contributed by atoms with Crippen LogP contribution < -0.4 is 10.1 Å². The summed E-state index contributed by atoms with van der Waals surface area (Å²) in [7, 11) is 3.53. The number of carbonyl (C=O) groups is 1. The fourth-order valence-corrected chi connectivity index (χ4v) is 3.64. The van der Waals surface area contributed by atoms with Crippen LogP contribution in [0.3, 0.4) is 0 Å². The van der Waals surface area contributed by atoms with E-state index in [4.69, 9.17) is 4.74 Å². The first-order valence-electron chi connectivity index (χ1n) is 7.72. The number of amides is 1. The van der Waals surface area contributed by atoms with Crippen molar-refractivity contribution >= 4 is 32.6 Å². The van der Waals surface area contributed by atoms with E-state index in [1.807, 2.05) is 43.8 Å². The Bertz CT molecular complexity index is 898. The van der Waals surface area contributed by atoms with Gasteiger partial charge in [0, 0.05) is 19.2 Å². The van der Waals surface area contributed by atoms with Gasteiger partial charge in [-0.15, -0.1) is 0 Å². The molecule has 0 unspecified atom stereocenters. The number of carbonyl (C=O) groups excluding carboxylic acids is 1. The zero-order valence-corrected chi connectivity index (χ0v) is 15.0. The van der Waals surface area contributed by atoms with Gasteiger partial charge in [0.1, 0.15) is 11.3 Å². The lowest BCUT2D eigenvalue weighted by Crippen LogP contribution is -2.12. The fourth-order valence-electron chi connectivity index (χ4n) is 2.74. The molecular weight excluding hydrogens is 324 g/mol. The molecule has 0 aliphatic heterocycles. The molecule has 0 saturated carbocycles. The van der Waals surface area contributed by atoms with E-state index in [0.717, 1.165) is 27.2 Å². The second-order valence-electron chi connectivity index (χ2n) is 5.65. The van der Waals surface area contributed by atoms with Crippen molar-refractivity contribution in [1.82, 2.24) is 14.8 Å². The lowest BCUT2D eigenvalue weighted by molar-refractivity contribution is -0.116. The van der Waals surface area contributed by atoms with Crippen LogP contribution in [0.15, 0.2) is 18.2 Å². The molecule has 3 aromatic rings. The van der Waals surface area contributed by atoms with Gasteiger partial charge < -0.3 is 10.1 Å². The maximum atomic E-state index is 12.2. The molecule has 0 fully saturated rings. The Morgan fingerprint density at radius 2 is 2.17 bits per heavy atom. The van der Waals surface area contributed by atoms with E-state index in [-0.39, 0.29) is 5.91 Å². The molecule has 1 amide bonds. The fraction of sp³-hybridized carbons (Fsp3) is 0.353. The predicted molar refractivity (Wildman–Crippen MR) is 95.8 cm³/mol. The number of hydrogen-bond acceptors (Lipinski definition) is 5. The highest BCUT2D eigenvalue weighted by molar-refractivity contribution is 7.22. The monoisotopic (exact) mass is 344 g/mol. The minimum atomic E-state index is -0.0457. The number of fused-ring (bicyclic) bond motifs is 1. The van der Waals surface area contributed by atoms with Gasteiger partial charge in [0.2, 0.25) is 5.91 Å². The van der Waals surface area contributed by atoms with Gasteiger partial charge in [0.05, 0.1) is 17.5 Å². The summed E-state index contributed by atoms with van der Waals surface area (Å²) >= 11 is 1.45. The first-order valence-corrected chi connectivity index (χ1v) is 8.53. The number of hydrogen-bond donors (Lipinski definition) is 1. The van der Waals surface area contributed by atoms with Gasteiger partial charge in [0.25, 0.3) is 0 Å². The number of anilines is 1. The second kappa shape index (κ2) is 6.60. The summed E-state index contributed by atoms with van der Waals surface area (Å²) in [6, 6.07) is 5.74. The van der Waals surface area contributed by atoms with Crippen LogP contribution in [0.4, 0.5) is 5.13 Å². The summed E-state index contributed by atoms with van der Waals surface area (Å²) in [6.07, 6.45) is 1.08. The van der Waals surface area contributed by atoms with Crippen molar-refractivity contribution in [2.45, 2.75) is 26.7 Å². The van der Waals surface area contributed by atoms with Crippen molar-refractivity contribution < 1.29 is 9.53 Å². The van der Waals surface area contributed by atoms with Crippen LogP contribution >= 0.6 is 11.3 Å². The summed E-state index contributed by atoms with van der Waals surface area (Å²) in [6.45, 7) is 3.99. The Kier molecular flexibility index (Phi) is 4.53. The first kappa shape index (κ1) is 16.4. The molecule has 2 heterocycles. The first-order chi connectivity index (χ1) is 11.5.